The average Bonchev–Trinajstić information content (AvgIpc) is 2.63. The number of amides is 2. The Morgan fingerprint density at radius 3 is 2.48 bits per heavy atom. The molecular formula is C19H27N3O3. The topological polar surface area (TPSA) is 62.6 Å². The lowest BCUT2D eigenvalue weighted by Crippen LogP contribution is -2.54. The maximum atomic E-state index is 13.0. The largest absolute Gasteiger partial charge is 0.341 e. The molecule has 0 N–H and O–H groups in total. The molecule has 0 unspecified atom stereocenters. The highest BCUT2D eigenvalue weighted by molar-refractivity contribution is 5.97. The summed E-state index contributed by atoms with van der Waals surface area (Å²) in [5, 5.41) is 0. The fourth-order valence-electron chi connectivity index (χ4n) is 3.72. The van der Waals surface area contributed by atoms with E-state index in [1.54, 1.807) is 24.2 Å². The second kappa shape index (κ2) is 7.42. The van der Waals surface area contributed by atoms with Gasteiger partial charge in [0.1, 0.15) is 6.04 Å². The van der Waals surface area contributed by atoms with E-state index < -0.39 is 6.04 Å². The van der Waals surface area contributed by atoms with Crippen LogP contribution in [0.1, 0.15) is 49.4 Å². The quantitative estimate of drug-likeness (QED) is 0.819. The molecule has 2 saturated heterocycles. The number of piperidine rings is 2. The van der Waals surface area contributed by atoms with Crippen LogP contribution in [-0.2, 0) is 11.8 Å². The molecule has 0 aliphatic carbocycles. The highest BCUT2D eigenvalue weighted by Crippen LogP contribution is 2.24. The lowest BCUT2D eigenvalue weighted by atomic mass is 9.96. The summed E-state index contributed by atoms with van der Waals surface area (Å²) in [4.78, 5) is 41.3. The Bertz CT molecular complexity index is 704. The molecule has 0 bridgehead atoms. The van der Waals surface area contributed by atoms with Crippen LogP contribution in [0.3, 0.4) is 0 Å². The summed E-state index contributed by atoms with van der Waals surface area (Å²) in [5.74, 6) is 0.526. The number of hydrogen-bond donors (Lipinski definition) is 0. The average molecular weight is 345 g/mol. The van der Waals surface area contributed by atoms with Crippen LogP contribution < -0.4 is 5.56 Å². The second-order valence-corrected chi connectivity index (χ2v) is 7.38. The van der Waals surface area contributed by atoms with Gasteiger partial charge in [-0.25, -0.2) is 0 Å². The molecule has 2 aliphatic rings. The fourth-order valence-corrected chi connectivity index (χ4v) is 3.72. The molecule has 2 aliphatic heterocycles. The van der Waals surface area contributed by atoms with E-state index in [9.17, 15) is 14.4 Å². The number of hydrogen-bond acceptors (Lipinski definition) is 3. The maximum absolute atomic E-state index is 13.0. The summed E-state index contributed by atoms with van der Waals surface area (Å²) in [5.41, 5.74) is 0.158. The Morgan fingerprint density at radius 2 is 1.80 bits per heavy atom. The lowest BCUT2D eigenvalue weighted by molar-refractivity contribution is -0.138. The molecular weight excluding hydrogens is 318 g/mol. The minimum atomic E-state index is -0.390. The van der Waals surface area contributed by atoms with Gasteiger partial charge in [0.25, 0.3) is 11.5 Å². The van der Waals surface area contributed by atoms with Crippen LogP contribution >= 0.6 is 0 Å². The number of rotatable bonds is 2. The molecule has 2 amide bonds. The van der Waals surface area contributed by atoms with Crippen molar-refractivity contribution in [2.24, 2.45) is 13.0 Å². The number of likely N-dealkylation sites (tertiary alicyclic amines) is 2. The van der Waals surface area contributed by atoms with Gasteiger partial charge in [-0.1, -0.05) is 6.92 Å². The van der Waals surface area contributed by atoms with Crippen molar-refractivity contribution in [1.82, 2.24) is 14.4 Å². The number of aromatic nitrogens is 1. The minimum absolute atomic E-state index is 0.0729. The third-order valence-corrected chi connectivity index (χ3v) is 5.50. The first kappa shape index (κ1) is 17.7. The molecule has 1 aromatic rings. The number of aryl methyl sites for hydroxylation is 1. The van der Waals surface area contributed by atoms with Crippen molar-refractivity contribution in [3.63, 3.8) is 0 Å². The monoisotopic (exact) mass is 345 g/mol. The Hall–Kier alpha value is -2.11. The van der Waals surface area contributed by atoms with Gasteiger partial charge >= 0.3 is 0 Å². The van der Waals surface area contributed by atoms with Gasteiger partial charge in [0, 0.05) is 44.5 Å². The molecule has 136 valence electrons. The summed E-state index contributed by atoms with van der Waals surface area (Å²) in [6, 6.07) is 2.63. The van der Waals surface area contributed by atoms with E-state index in [1.165, 1.54) is 10.6 Å². The SMILES string of the molecule is CC1CCN(C(=O)[C@H]2CCCCN2C(=O)c2ccn(C)c(=O)c2)CC1. The Morgan fingerprint density at radius 1 is 1.08 bits per heavy atom. The van der Waals surface area contributed by atoms with Crippen molar-refractivity contribution in [2.75, 3.05) is 19.6 Å². The first-order valence-corrected chi connectivity index (χ1v) is 9.24. The Labute approximate surface area is 148 Å². The third-order valence-electron chi connectivity index (χ3n) is 5.50. The Balaban J connectivity index is 1.78. The van der Waals surface area contributed by atoms with Crippen LogP contribution in [0.25, 0.3) is 0 Å². The van der Waals surface area contributed by atoms with Crippen LogP contribution in [0.15, 0.2) is 23.1 Å². The summed E-state index contributed by atoms with van der Waals surface area (Å²) in [6.07, 6.45) is 6.23. The van der Waals surface area contributed by atoms with E-state index in [0.29, 0.717) is 24.4 Å². The fraction of sp³-hybridized carbons (Fsp3) is 0.632. The summed E-state index contributed by atoms with van der Waals surface area (Å²) >= 11 is 0. The van der Waals surface area contributed by atoms with Gasteiger partial charge in [0.05, 0.1) is 0 Å². The van der Waals surface area contributed by atoms with Gasteiger partial charge in [0.15, 0.2) is 0 Å². The minimum Gasteiger partial charge on any atom is -0.341 e. The molecule has 3 rings (SSSR count). The van der Waals surface area contributed by atoms with E-state index in [0.717, 1.165) is 38.8 Å². The molecule has 3 heterocycles. The zero-order valence-electron chi connectivity index (χ0n) is 15.1. The maximum Gasteiger partial charge on any atom is 0.254 e. The van der Waals surface area contributed by atoms with Crippen molar-refractivity contribution < 1.29 is 9.59 Å². The van der Waals surface area contributed by atoms with E-state index in [2.05, 4.69) is 6.92 Å². The number of nitrogens with zero attached hydrogens (tertiary/aromatic N) is 3. The van der Waals surface area contributed by atoms with Crippen LogP contribution in [-0.4, -0.2) is 51.9 Å². The van der Waals surface area contributed by atoms with Crippen LogP contribution in [0.2, 0.25) is 0 Å². The summed E-state index contributed by atoms with van der Waals surface area (Å²) in [7, 11) is 1.65. The zero-order chi connectivity index (χ0) is 18.0. The molecule has 0 aromatic carbocycles. The summed E-state index contributed by atoms with van der Waals surface area (Å²) < 4.78 is 1.44. The Kier molecular flexibility index (Phi) is 5.25. The van der Waals surface area contributed by atoms with Gasteiger partial charge in [-0.3, -0.25) is 14.4 Å². The van der Waals surface area contributed by atoms with Crippen LogP contribution in [0.5, 0.6) is 0 Å². The molecule has 0 radical (unpaired) electrons. The zero-order valence-corrected chi connectivity index (χ0v) is 15.1. The van der Waals surface area contributed by atoms with Crippen LogP contribution in [0.4, 0.5) is 0 Å². The first-order chi connectivity index (χ1) is 12.0. The molecule has 1 atom stereocenters. The molecule has 25 heavy (non-hydrogen) atoms. The smallest absolute Gasteiger partial charge is 0.254 e. The van der Waals surface area contributed by atoms with Crippen LogP contribution in [0, 0.1) is 5.92 Å². The van der Waals surface area contributed by atoms with Gasteiger partial charge in [-0.05, 0) is 44.1 Å². The lowest BCUT2D eigenvalue weighted by Gasteiger charge is -2.39. The number of carbonyl (C=O) groups is 2. The predicted octanol–water partition coefficient (Wildman–Crippen LogP) is 1.64. The van der Waals surface area contributed by atoms with Crippen molar-refractivity contribution >= 4 is 11.8 Å². The van der Waals surface area contributed by atoms with Crippen molar-refractivity contribution in [1.29, 1.82) is 0 Å². The number of pyridine rings is 1. The van der Waals surface area contributed by atoms with Gasteiger partial charge in [0.2, 0.25) is 5.91 Å². The molecule has 0 spiro atoms. The van der Waals surface area contributed by atoms with E-state index in [1.807, 2.05) is 4.90 Å². The highest BCUT2D eigenvalue weighted by atomic mass is 16.2. The van der Waals surface area contributed by atoms with Crippen molar-refractivity contribution in [3.8, 4) is 0 Å². The van der Waals surface area contributed by atoms with Crippen molar-refractivity contribution in [3.05, 3.63) is 34.2 Å². The van der Waals surface area contributed by atoms with Gasteiger partial charge in [-0.15, -0.1) is 0 Å². The predicted molar refractivity (Wildman–Crippen MR) is 95.3 cm³/mol. The molecule has 2 fully saturated rings. The van der Waals surface area contributed by atoms with Gasteiger partial charge in [-0.2, -0.15) is 0 Å². The van der Waals surface area contributed by atoms with Crippen molar-refractivity contribution in [2.45, 2.75) is 45.1 Å². The normalized spacial score (nSPS) is 22.1. The summed E-state index contributed by atoms with van der Waals surface area (Å²) in [6.45, 7) is 4.36. The third kappa shape index (κ3) is 3.78. The first-order valence-electron chi connectivity index (χ1n) is 9.24. The standard InChI is InChI=1S/C19H27N3O3/c1-14-6-11-21(12-7-14)19(25)16-5-3-4-9-22(16)18(24)15-8-10-20(2)17(23)13-15/h8,10,13-14,16H,3-7,9,11-12H2,1-2H3/t16-/m1/s1. The van der Waals surface area contributed by atoms with Gasteiger partial charge < -0.3 is 14.4 Å². The van der Waals surface area contributed by atoms with E-state index in [-0.39, 0.29) is 17.4 Å². The number of carbonyl (C=O) groups excluding carboxylic acids is 2. The van der Waals surface area contributed by atoms with E-state index >= 15 is 0 Å². The van der Waals surface area contributed by atoms with E-state index in [4.69, 9.17) is 0 Å². The second-order valence-electron chi connectivity index (χ2n) is 7.38. The molecule has 1 aromatic heterocycles. The molecule has 0 saturated carbocycles. The molecule has 6 heteroatoms. The highest BCUT2D eigenvalue weighted by Gasteiger charge is 2.36. The molecule has 6 nitrogen and oxygen atoms in total.